The first-order valence-electron chi connectivity index (χ1n) is 5.58. The van der Waals surface area contributed by atoms with Gasteiger partial charge in [-0.15, -0.1) is 0 Å². The number of hydrogen-bond acceptors (Lipinski definition) is 3. The molecule has 1 amide bonds. The van der Waals surface area contributed by atoms with Crippen molar-refractivity contribution in [2.75, 3.05) is 19.0 Å². The lowest BCUT2D eigenvalue weighted by molar-refractivity contribution is -0.117. The highest BCUT2D eigenvalue weighted by molar-refractivity contribution is 9.10. The number of hydrogen-bond donors (Lipinski definition) is 2. The predicted octanol–water partition coefficient (Wildman–Crippen LogP) is 2.15. The number of ether oxygens (including phenoxy) is 1. The standard InChI is InChI=1S/C12H15BrN2O2/c1-17-8-4-5-9(13)11(7-8)15-12(16)10-3-2-6-14-10/h4-5,7,10,14H,2-3,6H2,1H3,(H,15,16)/t10-/m1/s1. The van der Waals surface area contributed by atoms with Gasteiger partial charge < -0.3 is 15.4 Å². The molecule has 0 unspecified atom stereocenters. The van der Waals surface area contributed by atoms with Gasteiger partial charge in [-0.1, -0.05) is 0 Å². The van der Waals surface area contributed by atoms with Crippen LogP contribution in [0.3, 0.4) is 0 Å². The first-order chi connectivity index (χ1) is 8.20. The lowest BCUT2D eigenvalue weighted by atomic mass is 10.2. The molecule has 0 spiro atoms. The Bertz CT molecular complexity index is 417. The van der Waals surface area contributed by atoms with Crippen LogP contribution in [0.4, 0.5) is 5.69 Å². The van der Waals surface area contributed by atoms with E-state index in [2.05, 4.69) is 26.6 Å². The van der Waals surface area contributed by atoms with E-state index in [1.54, 1.807) is 13.2 Å². The Labute approximate surface area is 109 Å². The number of carbonyl (C=O) groups excluding carboxylic acids is 1. The molecule has 4 nitrogen and oxygen atoms in total. The third-order valence-corrected chi connectivity index (χ3v) is 3.50. The summed E-state index contributed by atoms with van der Waals surface area (Å²) in [6.45, 7) is 0.914. The number of amides is 1. The van der Waals surface area contributed by atoms with Gasteiger partial charge in [0.15, 0.2) is 0 Å². The summed E-state index contributed by atoms with van der Waals surface area (Å²) in [5, 5.41) is 6.06. The molecule has 1 atom stereocenters. The molecule has 1 aromatic rings. The molecule has 0 aromatic heterocycles. The molecule has 2 N–H and O–H groups in total. The van der Waals surface area contributed by atoms with E-state index in [1.165, 1.54) is 0 Å². The van der Waals surface area contributed by atoms with Crippen molar-refractivity contribution in [1.29, 1.82) is 0 Å². The van der Waals surface area contributed by atoms with Gasteiger partial charge in [-0.05, 0) is 47.4 Å². The maximum absolute atomic E-state index is 11.9. The van der Waals surface area contributed by atoms with Gasteiger partial charge in [0, 0.05) is 10.5 Å². The molecule has 5 heteroatoms. The zero-order valence-electron chi connectivity index (χ0n) is 9.63. The summed E-state index contributed by atoms with van der Waals surface area (Å²) in [4.78, 5) is 11.9. The fraction of sp³-hybridized carbons (Fsp3) is 0.417. The largest absolute Gasteiger partial charge is 0.497 e. The highest BCUT2D eigenvalue weighted by atomic mass is 79.9. The molecular formula is C12H15BrN2O2. The predicted molar refractivity (Wildman–Crippen MR) is 70.3 cm³/mol. The highest BCUT2D eigenvalue weighted by Gasteiger charge is 2.22. The van der Waals surface area contributed by atoms with E-state index in [4.69, 9.17) is 4.74 Å². The first-order valence-corrected chi connectivity index (χ1v) is 6.38. The molecule has 0 saturated carbocycles. The van der Waals surface area contributed by atoms with Gasteiger partial charge in [-0.25, -0.2) is 0 Å². The van der Waals surface area contributed by atoms with E-state index >= 15 is 0 Å². The number of carbonyl (C=O) groups is 1. The van der Waals surface area contributed by atoms with E-state index in [1.807, 2.05) is 12.1 Å². The van der Waals surface area contributed by atoms with E-state index < -0.39 is 0 Å². The molecule has 1 saturated heterocycles. The summed E-state index contributed by atoms with van der Waals surface area (Å²) in [6.07, 6.45) is 1.95. The Morgan fingerprint density at radius 1 is 1.59 bits per heavy atom. The zero-order chi connectivity index (χ0) is 12.3. The van der Waals surface area contributed by atoms with Crippen LogP contribution in [0.2, 0.25) is 0 Å². The molecule has 1 aliphatic rings. The highest BCUT2D eigenvalue weighted by Crippen LogP contribution is 2.27. The van der Waals surface area contributed by atoms with Crippen molar-refractivity contribution >= 4 is 27.5 Å². The Hall–Kier alpha value is -1.07. The van der Waals surface area contributed by atoms with Crippen molar-refractivity contribution in [3.05, 3.63) is 22.7 Å². The van der Waals surface area contributed by atoms with Crippen molar-refractivity contribution < 1.29 is 9.53 Å². The lowest BCUT2D eigenvalue weighted by Crippen LogP contribution is -2.35. The second kappa shape index (κ2) is 5.51. The maximum Gasteiger partial charge on any atom is 0.241 e. The normalized spacial score (nSPS) is 19.1. The van der Waals surface area contributed by atoms with Gasteiger partial charge in [-0.3, -0.25) is 4.79 Å². The van der Waals surface area contributed by atoms with Gasteiger partial charge in [-0.2, -0.15) is 0 Å². The fourth-order valence-electron chi connectivity index (χ4n) is 1.86. The van der Waals surface area contributed by atoms with Gasteiger partial charge in [0.05, 0.1) is 18.8 Å². The Morgan fingerprint density at radius 2 is 2.41 bits per heavy atom. The number of anilines is 1. The van der Waals surface area contributed by atoms with Gasteiger partial charge in [0.2, 0.25) is 5.91 Å². The Balaban J connectivity index is 2.09. The molecule has 2 rings (SSSR count). The lowest BCUT2D eigenvalue weighted by Gasteiger charge is -2.13. The van der Waals surface area contributed by atoms with Crippen molar-refractivity contribution in [3.8, 4) is 5.75 Å². The first kappa shape index (κ1) is 12.4. The molecule has 1 aliphatic heterocycles. The van der Waals surface area contributed by atoms with Gasteiger partial charge in [0.1, 0.15) is 5.75 Å². The van der Waals surface area contributed by atoms with Crippen LogP contribution >= 0.6 is 15.9 Å². The molecule has 17 heavy (non-hydrogen) atoms. The van der Waals surface area contributed by atoms with E-state index in [-0.39, 0.29) is 11.9 Å². The van der Waals surface area contributed by atoms with E-state index in [0.29, 0.717) is 0 Å². The molecule has 0 aliphatic carbocycles. The minimum absolute atomic E-state index is 0.0106. The average molecular weight is 299 g/mol. The SMILES string of the molecule is COc1ccc(Br)c(NC(=O)[C@H]2CCCN2)c1. The van der Waals surface area contributed by atoms with Gasteiger partial charge in [0.25, 0.3) is 0 Å². The van der Waals surface area contributed by atoms with Crippen molar-refractivity contribution in [2.24, 2.45) is 0 Å². The van der Waals surface area contributed by atoms with Gasteiger partial charge >= 0.3 is 0 Å². The topological polar surface area (TPSA) is 50.4 Å². The number of rotatable bonds is 3. The van der Waals surface area contributed by atoms with Crippen LogP contribution in [-0.4, -0.2) is 25.6 Å². The quantitative estimate of drug-likeness (QED) is 0.899. The average Bonchev–Trinajstić information content (AvgIpc) is 2.85. The minimum atomic E-state index is -0.0758. The number of nitrogens with one attached hydrogen (secondary N) is 2. The second-order valence-corrected chi connectivity index (χ2v) is 4.84. The molecule has 0 bridgehead atoms. The number of methoxy groups -OCH3 is 1. The molecule has 0 radical (unpaired) electrons. The summed E-state index contributed by atoms with van der Waals surface area (Å²) in [7, 11) is 1.60. The van der Waals surface area contributed by atoms with Crippen LogP contribution < -0.4 is 15.4 Å². The maximum atomic E-state index is 11.9. The monoisotopic (exact) mass is 298 g/mol. The van der Waals surface area contributed by atoms with Crippen LogP contribution in [-0.2, 0) is 4.79 Å². The van der Waals surface area contributed by atoms with Crippen molar-refractivity contribution in [2.45, 2.75) is 18.9 Å². The Kier molecular flexibility index (Phi) is 4.02. The summed E-state index contributed by atoms with van der Waals surface area (Å²) >= 11 is 3.41. The third-order valence-electron chi connectivity index (χ3n) is 2.81. The van der Waals surface area contributed by atoms with Crippen molar-refractivity contribution in [1.82, 2.24) is 5.32 Å². The number of halogens is 1. The van der Waals surface area contributed by atoms with Crippen LogP contribution in [0.25, 0.3) is 0 Å². The van der Waals surface area contributed by atoms with Crippen molar-refractivity contribution in [3.63, 3.8) is 0 Å². The third kappa shape index (κ3) is 2.98. The summed E-state index contributed by atoms with van der Waals surface area (Å²) in [6, 6.07) is 5.43. The van der Waals surface area contributed by atoms with Crippen LogP contribution in [0.15, 0.2) is 22.7 Å². The number of benzene rings is 1. The molecule has 92 valence electrons. The van der Waals surface area contributed by atoms with Crippen LogP contribution in [0, 0.1) is 0 Å². The summed E-state index contributed by atoms with van der Waals surface area (Å²) < 4.78 is 5.98. The second-order valence-electron chi connectivity index (χ2n) is 3.98. The van der Waals surface area contributed by atoms with E-state index in [9.17, 15) is 4.79 Å². The molecule has 1 fully saturated rings. The minimum Gasteiger partial charge on any atom is -0.497 e. The fourth-order valence-corrected chi connectivity index (χ4v) is 2.20. The van der Waals surface area contributed by atoms with E-state index in [0.717, 1.165) is 35.3 Å². The molecular weight excluding hydrogens is 284 g/mol. The Morgan fingerprint density at radius 3 is 3.06 bits per heavy atom. The molecule has 1 aromatic carbocycles. The van der Waals surface area contributed by atoms with Crippen LogP contribution in [0.1, 0.15) is 12.8 Å². The summed E-state index contributed by atoms with van der Waals surface area (Å²) in [5.74, 6) is 0.735. The zero-order valence-corrected chi connectivity index (χ0v) is 11.2. The smallest absolute Gasteiger partial charge is 0.241 e. The molecule has 1 heterocycles. The van der Waals surface area contributed by atoms with Crippen LogP contribution in [0.5, 0.6) is 5.75 Å². The summed E-state index contributed by atoms with van der Waals surface area (Å²) in [5.41, 5.74) is 0.739.